The second-order valence-electron chi connectivity index (χ2n) is 4.56. The first-order valence-corrected chi connectivity index (χ1v) is 5.36. The minimum Gasteiger partial charge on any atom is -0.392 e. The molecule has 0 heterocycles. The molecular weight excluding hydrogens is 196 g/mol. The van der Waals surface area contributed by atoms with Crippen LogP contribution in [-0.2, 0) is 4.79 Å². The largest absolute Gasteiger partial charge is 0.392 e. The highest BCUT2D eigenvalue weighted by atomic mass is 32.1. The summed E-state index contributed by atoms with van der Waals surface area (Å²) in [5, 5.41) is 0. The maximum absolute atomic E-state index is 11.9. The highest BCUT2D eigenvalue weighted by Gasteiger charge is 2.51. The Bertz CT molecular complexity index is 263. The predicted molar refractivity (Wildman–Crippen MR) is 60.9 cm³/mol. The number of carbonyl (C=O) groups excluding carboxylic acids is 1. The van der Waals surface area contributed by atoms with E-state index in [0.717, 1.165) is 6.42 Å². The number of carbonyl (C=O) groups is 1. The minimum absolute atomic E-state index is 0.178. The lowest BCUT2D eigenvalue weighted by Crippen LogP contribution is -2.39. The molecule has 1 fully saturated rings. The fraction of sp³-hybridized carbons (Fsp3) is 0.800. The Labute approximate surface area is 90.6 Å². The summed E-state index contributed by atoms with van der Waals surface area (Å²) >= 11 is 4.81. The number of hydrogen-bond acceptors (Lipinski definition) is 2. The Kier molecular flexibility index (Phi) is 3.14. The molecule has 2 N–H and O–H groups in total. The van der Waals surface area contributed by atoms with Crippen molar-refractivity contribution in [3.63, 3.8) is 0 Å². The normalized spacial score (nSPS) is 22.9. The monoisotopic (exact) mass is 214 g/mol. The summed E-state index contributed by atoms with van der Waals surface area (Å²) in [6.07, 6.45) is 0.986. The number of thiocarbonyl (C=S) groups is 1. The van der Waals surface area contributed by atoms with Crippen LogP contribution >= 0.6 is 12.2 Å². The number of hydrogen-bond donors (Lipinski definition) is 1. The van der Waals surface area contributed by atoms with Crippen LogP contribution in [0.25, 0.3) is 0 Å². The van der Waals surface area contributed by atoms with Gasteiger partial charge in [0.15, 0.2) is 0 Å². The Hall–Kier alpha value is -0.640. The molecule has 1 amide bonds. The summed E-state index contributed by atoms with van der Waals surface area (Å²) in [6.45, 7) is 7.28. The Morgan fingerprint density at radius 1 is 1.64 bits per heavy atom. The topological polar surface area (TPSA) is 46.3 Å². The van der Waals surface area contributed by atoms with Crippen LogP contribution in [0.1, 0.15) is 27.2 Å². The van der Waals surface area contributed by atoms with E-state index in [0.29, 0.717) is 18.1 Å². The van der Waals surface area contributed by atoms with Gasteiger partial charge in [0, 0.05) is 12.5 Å². The smallest absolute Gasteiger partial charge is 0.226 e. The number of nitrogens with zero attached hydrogens (tertiary/aromatic N) is 1. The van der Waals surface area contributed by atoms with Crippen molar-refractivity contribution in [2.24, 2.45) is 17.1 Å². The second kappa shape index (κ2) is 3.85. The molecule has 0 aromatic heterocycles. The third-order valence-corrected chi connectivity index (χ3v) is 2.98. The summed E-state index contributed by atoms with van der Waals surface area (Å²) in [6, 6.07) is 0. The van der Waals surface area contributed by atoms with Crippen LogP contribution in [0.4, 0.5) is 0 Å². The zero-order valence-corrected chi connectivity index (χ0v) is 9.86. The fourth-order valence-electron chi connectivity index (χ4n) is 1.64. The van der Waals surface area contributed by atoms with Gasteiger partial charge in [-0.3, -0.25) is 4.79 Å². The average Bonchev–Trinajstić information content (AvgIpc) is 2.69. The molecule has 1 saturated carbocycles. The second-order valence-corrected chi connectivity index (χ2v) is 5.09. The van der Waals surface area contributed by atoms with Crippen molar-refractivity contribution in [2.75, 3.05) is 13.1 Å². The third kappa shape index (κ3) is 2.44. The van der Waals surface area contributed by atoms with E-state index < -0.39 is 0 Å². The van der Waals surface area contributed by atoms with E-state index in [9.17, 15) is 4.79 Å². The molecule has 14 heavy (non-hydrogen) atoms. The highest BCUT2D eigenvalue weighted by molar-refractivity contribution is 7.80. The molecule has 0 spiro atoms. The van der Waals surface area contributed by atoms with E-state index in [2.05, 4.69) is 13.8 Å². The molecule has 0 aliphatic heterocycles. The van der Waals surface area contributed by atoms with E-state index in [-0.39, 0.29) is 17.2 Å². The summed E-state index contributed by atoms with van der Waals surface area (Å²) < 4.78 is 0. The molecule has 4 heteroatoms. The van der Waals surface area contributed by atoms with Gasteiger partial charge in [-0.05, 0) is 18.8 Å². The zero-order valence-electron chi connectivity index (χ0n) is 9.04. The van der Waals surface area contributed by atoms with Crippen molar-refractivity contribution in [1.82, 2.24) is 4.90 Å². The van der Waals surface area contributed by atoms with Gasteiger partial charge >= 0.3 is 0 Å². The fourth-order valence-corrected chi connectivity index (χ4v) is 1.80. The number of nitrogens with two attached hydrogens (primary N) is 1. The van der Waals surface area contributed by atoms with Crippen LogP contribution in [0.15, 0.2) is 0 Å². The van der Waals surface area contributed by atoms with E-state index in [4.69, 9.17) is 18.0 Å². The van der Waals surface area contributed by atoms with Crippen LogP contribution in [0.3, 0.4) is 0 Å². The van der Waals surface area contributed by atoms with Gasteiger partial charge < -0.3 is 10.6 Å². The highest BCUT2D eigenvalue weighted by Crippen LogP contribution is 2.52. The summed E-state index contributed by atoms with van der Waals surface area (Å²) in [4.78, 5) is 14.0. The number of likely N-dealkylation sites (N-methyl/N-ethyl adjacent to an activating group) is 1. The van der Waals surface area contributed by atoms with Gasteiger partial charge in [0.25, 0.3) is 0 Å². The van der Waals surface area contributed by atoms with Gasteiger partial charge in [0.05, 0.1) is 11.5 Å². The van der Waals surface area contributed by atoms with E-state index in [1.807, 2.05) is 6.92 Å². The van der Waals surface area contributed by atoms with Gasteiger partial charge in [-0.1, -0.05) is 26.1 Å². The zero-order chi connectivity index (χ0) is 10.9. The number of amides is 1. The molecule has 0 radical (unpaired) electrons. The molecule has 3 nitrogen and oxygen atoms in total. The molecule has 0 aromatic rings. The van der Waals surface area contributed by atoms with Crippen LogP contribution < -0.4 is 5.73 Å². The van der Waals surface area contributed by atoms with Crippen molar-refractivity contribution in [1.29, 1.82) is 0 Å². The standard InChI is InChI=1S/C10H18N2OS/c1-4-12(6-8(11)14)9(13)7-5-10(7,2)3/h7H,4-6H2,1-3H3,(H2,11,14). The molecule has 0 saturated heterocycles. The van der Waals surface area contributed by atoms with Gasteiger partial charge in [-0.2, -0.15) is 0 Å². The third-order valence-electron chi connectivity index (χ3n) is 2.85. The van der Waals surface area contributed by atoms with Crippen LogP contribution in [0, 0.1) is 11.3 Å². The van der Waals surface area contributed by atoms with Gasteiger partial charge in [-0.25, -0.2) is 0 Å². The van der Waals surface area contributed by atoms with Crippen molar-refractivity contribution in [3.05, 3.63) is 0 Å². The van der Waals surface area contributed by atoms with Crippen LogP contribution in [0.2, 0.25) is 0 Å². The van der Waals surface area contributed by atoms with E-state index in [1.165, 1.54) is 0 Å². The Morgan fingerprint density at radius 3 is 2.43 bits per heavy atom. The van der Waals surface area contributed by atoms with E-state index >= 15 is 0 Å². The lowest BCUT2D eigenvalue weighted by atomic mass is 10.1. The van der Waals surface area contributed by atoms with Crippen molar-refractivity contribution < 1.29 is 4.79 Å². The lowest BCUT2D eigenvalue weighted by molar-refractivity contribution is -0.132. The number of rotatable bonds is 4. The first-order valence-electron chi connectivity index (χ1n) is 4.95. The first-order chi connectivity index (χ1) is 6.38. The predicted octanol–water partition coefficient (Wildman–Crippen LogP) is 1.17. The van der Waals surface area contributed by atoms with Crippen molar-refractivity contribution in [2.45, 2.75) is 27.2 Å². The maximum Gasteiger partial charge on any atom is 0.226 e. The first kappa shape index (κ1) is 11.4. The minimum atomic E-state index is 0.178. The summed E-state index contributed by atoms with van der Waals surface area (Å²) in [5.41, 5.74) is 5.61. The Morgan fingerprint density at radius 2 is 2.14 bits per heavy atom. The van der Waals surface area contributed by atoms with Crippen LogP contribution in [0.5, 0.6) is 0 Å². The molecule has 1 unspecified atom stereocenters. The molecule has 1 aliphatic carbocycles. The quantitative estimate of drug-likeness (QED) is 0.715. The molecular formula is C10H18N2OS. The molecule has 1 aliphatic rings. The Balaban J connectivity index is 2.54. The molecule has 0 aromatic carbocycles. The molecule has 1 rings (SSSR count). The molecule has 80 valence electrons. The van der Waals surface area contributed by atoms with Gasteiger partial charge in [0.2, 0.25) is 5.91 Å². The van der Waals surface area contributed by atoms with Gasteiger partial charge in [-0.15, -0.1) is 0 Å². The van der Waals surface area contributed by atoms with Crippen molar-refractivity contribution >= 4 is 23.1 Å². The molecule has 1 atom stereocenters. The van der Waals surface area contributed by atoms with Crippen LogP contribution in [-0.4, -0.2) is 28.9 Å². The average molecular weight is 214 g/mol. The van der Waals surface area contributed by atoms with Gasteiger partial charge in [0.1, 0.15) is 0 Å². The lowest BCUT2D eigenvalue weighted by Gasteiger charge is -2.20. The SMILES string of the molecule is CCN(CC(N)=S)C(=O)C1CC1(C)C. The maximum atomic E-state index is 11.9. The summed E-state index contributed by atoms with van der Waals surface area (Å²) in [5.74, 6) is 0.377. The van der Waals surface area contributed by atoms with E-state index in [1.54, 1.807) is 4.90 Å². The summed E-state index contributed by atoms with van der Waals surface area (Å²) in [7, 11) is 0. The van der Waals surface area contributed by atoms with Crippen molar-refractivity contribution in [3.8, 4) is 0 Å². The molecule has 0 bridgehead atoms.